The van der Waals surface area contributed by atoms with Crippen LogP contribution in [0.2, 0.25) is 0 Å². The van der Waals surface area contributed by atoms with Crippen LogP contribution >= 0.6 is 0 Å². The highest BCUT2D eigenvalue weighted by Gasteiger charge is 2.30. The van der Waals surface area contributed by atoms with Crippen LogP contribution in [0.15, 0.2) is 55.5 Å². The number of likely N-dealkylation sites (tertiary alicyclic amines) is 1. The van der Waals surface area contributed by atoms with Crippen LogP contribution < -0.4 is 15.8 Å². The summed E-state index contributed by atoms with van der Waals surface area (Å²) in [5.41, 5.74) is 8.78. The second-order valence-corrected chi connectivity index (χ2v) is 9.43. The molecule has 5 heterocycles. The number of nitrogens with two attached hydrogens (primary N) is 1. The molecule has 40 heavy (non-hydrogen) atoms. The molecule has 2 amide bonds. The molecular weight excluding hydrogens is 519 g/mol. The number of pyridine rings is 1. The lowest BCUT2D eigenvalue weighted by Crippen LogP contribution is -2.40. The molecule has 12 nitrogen and oxygen atoms in total. The first-order valence-corrected chi connectivity index (χ1v) is 12.6. The minimum absolute atomic E-state index is 0.0539. The lowest BCUT2D eigenvalue weighted by Gasteiger charge is -2.32. The summed E-state index contributed by atoms with van der Waals surface area (Å²) in [6.45, 7) is 4.63. The number of amides is 2. The van der Waals surface area contributed by atoms with Crippen LogP contribution in [0.1, 0.15) is 41.2 Å². The van der Waals surface area contributed by atoms with Gasteiger partial charge in [0.15, 0.2) is 18.7 Å². The molecule has 2 atom stereocenters. The Morgan fingerprint density at radius 2 is 2.08 bits per heavy atom. The van der Waals surface area contributed by atoms with Gasteiger partial charge in [0.2, 0.25) is 5.91 Å². The maximum absolute atomic E-state index is 13.2. The van der Waals surface area contributed by atoms with Crippen molar-refractivity contribution in [2.45, 2.75) is 25.1 Å². The Morgan fingerprint density at radius 3 is 2.88 bits per heavy atom. The van der Waals surface area contributed by atoms with E-state index in [2.05, 4.69) is 26.8 Å². The zero-order chi connectivity index (χ0) is 27.8. The summed E-state index contributed by atoms with van der Waals surface area (Å²) in [5.74, 6) is -0.419. The maximum Gasteiger partial charge on any atom is 0.272 e. The summed E-state index contributed by atoms with van der Waals surface area (Å²) in [7, 11) is 0. The molecule has 0 radical (unpaired) electrons. The van der Waals surface area contributed by atoms with Crippen LogP contribution in [-0.4, -0.2) is 61.3 Å². The van der Waals surface area contributed by atoms with Gasteiger partial charge in [-0.2, -0.15) is 5.10 Å². The van der Waals surface area contributed by atoms with Gasteiger partial charge in [0.05, 0.1) is 17.6 Å². The van der Waals surface area contributed by atoms with E-state index < -0.39 is 18.0 Å². The third-order valence-corrected chi connectivity index (χ3v) is 6.99. The number of benzene rings is 1. The largest absolute Gasteiger partial charge is 0.467 e. The maximum atomic E-state index is 13.2. The standard InChI is InChI=1S/C27H25FN8O4/c1-2-21(37)35-9-3-4-17(12-35)36-25-22(24(29)31-13-32-25)23(34-36)15-5-7-18-20(10-15)39-14-40-27(18)33-26(38)19-8-6-16(28)11-30-19/h2,5-8,10-11,13,17,27H,1,3-4,9,12,14H2,(H,33,38)(H2,29,31,32)/t17?,27-/m1/s1. The van der Waals surface area contributed by atoms with Crippen LogP contribution in [0.5, 0.6) is 5.75 Å². The predicted molar refractivity (Wildman–Crippen MR) is 141 cm³/mol. The highest BCUT2D eigenvalue weighted by atomic mass is 19.1. The minimum atomic E-state index is -0.810. The summed E-state index contributed by atoms with van der Waals surface area (Å²) in [6.07, 6.45) is 4.50. The number of piperidine rings is 1. The quantitative estimate of drug-likeness (QED) is 0.362. The molecule has 2 aliphatic heterocycles. The zero-order valence-corrected chi connectivity index (χ0v) is 21.3. The number of ether oxygens (including phenoxy) is 2. The number of rotatable bonds is 5. The first kappa shape index (κ1) is 25.4. The van der Waals surface area contributed by atoms with Gasteiger partial charge in [-0.25, -0.2) is 24.0 Å². The third kappa shape index (κ3) is 4.60. The summed E-state index contributed by atoms with van der Waals surface area (Å²) in [5, 5.41) is 8.24. The number of aromatic nitrogens is 5. The average molecular weight is 545 g/mol. The molecule has 4 aromatic rings. The van der Waals surface area contributed by atoms with Crippen LogP contribution in [0.3, 0.4) is 0 Å². The lowest BCUT2D eigenvalue weighted by atomic mass is 10.0. The fourth-order valence-electron chi connectivity index (χ4n) is 5.04. The molecule has 0 bridgehead atoms. The van der Waals surface area contributed by atoms with E-state index in [1.807, 2.05) is 10.7 Å². The smallest absolute Gasteiger partial charge is 0.272 e. The first-order chi connectivity index (χ1) is 19.4. The van der Waals surface area contributed by atoms with E-state index in [0.29, 0.717) is 46.7 Å². The van der Waals surface area contributed by atoms with E-state index in [4.69, 9.17) is 20.3 Å². The Balaban J connectivity index is 1.33. The van der Waals surface area contributed by atoms with Gasteiger partial charge >= 0.3 is 0 Å². The van der Waals surface area contributed by atoms with Crippen molar-refractivity contribution in [3.8, 4) is 17.0 Å². The van der Waals surface area contributed by atoms with Gasteiger partial charge in [-0.05, 0) is 37.1 Å². The molecule has 1 aromatic carbocycles. The van der Waals surface area contributed by atoms with Gasteiger partial charge in [-0.1, -0.05) is 18.7 Å². The molecule has 0 aliphatic carbocycles. The summed E-state index contributed by atoms with van der Waals surface area (Å²) in [4.78, 5) is 39.2. The number of nitrogens with zero attached hydrogens (tertiary/aromatic N) is 6. The van der Waals surface area contributed by atoms with E-state index in [1.165, 1.54) is 18.5 Å². The Kier molecular flexibility index (Phi) is 6.56. The van der Waals surface area contributed by atoms with Crippen LogP contribution in [0.4, 0.5) is 10.2 Å². The highest BCUT2D eigenvalue weighted by molar-refractivity contribution is 5.98. The molecule has 3 N–H and O–H groups in total. The molecule has 1 fully saturated rings. The number of hydrogen-bond donors (Lipinski definition) is 2. The molecule has 204 valence electrons. The summed E-state index contributed by atoms with van der Waals surface area (Å²) < 4.78 is 26.4. The minimum Gasteiger partial charge on any atom is -0.467 e. The Hall–Kier alpha value is -4.91. The Morgan fingerprint density at radius 1 is 1.20 bits per heavy atom. The van der Waals surface area contributed by atoms with Crippen molar-refractivity contribution in [3.05, 3.63) is 72.6 Å². The highest BCUT2D eigenvalue weighted by Crippen LogP contribution is 2.38. The Labute approximate surface area is 227 Å². The van der Waals surface area contributed by atoms with E-state index in [9.17, 15) is 14.0 Å². The SMILES string of the molecule is C=CC(=O)N1CCCC(n2nc(-c3ccc4c(c3)OCO[C@H]4NC(=O)c3ccc(F)cn3)c3c(N)ncnc32)C1. The van der Waals surface area contributed by atoms with Crippen molar-refractivity contribution in [2.75, 3.05) is 25.6 Å². The second kappa shape index (κ2) is 10.3. The van der Waals surface area contributed by atoms with Gasteiger partial charge in [-0.15, -0.1) is 0 Å². The number of carbonyl (C=O) groups is 2. The second-order valence-electron chi connectivity index (χ2n) is 9.43. The molecular formula is C27H25FN8O4. The van der Waals surface area contributed by atoms with E-state index >= 15 is 0 Å². The van der Waals surface area contributed by atoms with Crippen LogP contribution in [0, 0.1) is 5.82 Å². The lowest BCUT2D eigenvalue weighted by molar-refractivity contribution is -0.127. The van der Waals surface area contributed by atoms with Gasteiger partial charge in [0.1, 0.15) is 35.1 Å². The van der Waals surface area contributed by atoms with Crippen molar-refractivity contribution in [1.82, 2.24) is 34.9 Å². The van der Waals surface area contributed by atoms with Gasteiger partial charge in [0, 0.05) is 24.2 Å². The van der Waals surface area contributed by atoms with Gasteiger partial charge in [-0.3, -0.25) is 9.59 Å². The van der Waals surface area contributed by atoms with Crippen LogP contribution in [-0.2, 0) is 9.53 Å². The normalized spacial score (nSPS) is 18.6. The number of hydrogen-bond acceptors (Lipinski definition) is 9. The van der Waals surface area contributed by atoms with Crippen molar-refractivity contribution in [3.63, 3.8) is 0 Å². The molecule has 6 rings (SSSR count). The fourth-order valence-corrected chi connectivity index (χ4v) is 5.04. The van der Waals surface area contributed by atoms with Gasteiger partial charge < -0.3 is 25.4 Å². The van der Waals surface area contributed by atoms with E-state index in [0.717, 1.165) is 25.1 Å². The number of carbonyl (C=O) groups excluding carboxylic acids is 2. The van der Waals surface area contributed by atoms with Gasteiger partial charge in [0.25, 0.3) is 5.91 Å². The summed E-state index contributed by atoms with van der Waals surface area (Å²) in [6, 6.07) is 7.72. The number of nitrogen functional groups attached to an aromatic ring is 1. The van der Waals surface area contributed by atoms with Crippen molar-refractivity contribution in [1.29, 1.82) is 0 Å². The first-order valence-electron chi connectivity index (χ1n) is 12.6. The molecule has 13 heteroatoms. The molecule has 0 saturated carbocycles. The number of anilines is 1. The van der Waals surface area contributed by atoms with Crippen LogP contribution in [0.25, 0.3) is 22.3 Å². The monoisotopic (exact) mass is 544 g/mol. The molecule has 3 aromatic heterocycles. The summed E-state index contributed by atoms with van der Waals surface area (Å²) >= 11 is 0. The van der Waals surface area contributed by atoms with E-state index in [1.54, 1.807) is 17.0 Å². The van der Waals surface area contributed by atoms with Crippen molar-refractivity contribution >= 4 is 28.7 Å². The third-order valence-electron chi connectivity index (χ3n) is 6.99. The average Bonchev–Trinajstić information content (AvgIpc) is 3.38. The molecule has 1 saturated heterocycles. The number of fused-ring (bicyclic) bond motifs is 2. The zero-order valence-electron chi connectivity index (χ0n) is 21.3. The molecule has 1 unspecified atom stereocenters. The van der Waals surface area contributed by atoms with Crippen molar-refractivity contribution < 1.29 is 23.5 Å². The predicted octanol–water partition coefficient (Wildman–Crippen LogP) is 2.75. The molecule has 0 spiro atoms. The van der Waals surface area contributed by atoms with E-state index in [-0.39, 0.29) is 30.3 Å². The Bertz CT molecular complexity index is 1620. The number of halogens is 1. The van der Waals surface area contributed by atoms with Crippen molar-refractivity contribution in [2.24, 2.45) is 0 Å². The topological polar surface area (TPSA) is 150 Å². The fraction of sp³-hybridized carbons (Fsp3) is 0.259. The molecule has 2 aliphatic rings. The number of nitrogens with one attached hydrogen (secondary N) is 1.